The summed E-state index contributed by atoms with van der Waals surface area (Å²) in [4.78, 5) is 7.04. The van der Waals surface area contributed by atoms with Crippen LogP contribution in [-0.4, -0.2) is 36.3 Å². The van der Waals surface area contributed by atoms with Crippen LogP contribution >= 0.6 is 0 Å². The minimum Gasteiger partial charge on any atom is -0.374 e. The minimum atomic E-state index is 0.429. The molecule has 1 saturated carbocycles. The molecular formula is C17H27N3O. The molecule has 1 aromatic heterocycles. The van der Waals surface area contributed by atoms with Crippen molar-refractivity contribution < 1.29 is 4.74 Å². The molecule has 0 spiro atoms. The van der Waals surface area contributed by atoms with Crippen LogP contribution < -0.4 is 10.2 Å². The Morgan fingerprint density at radius 3 is 3.10 bits per heavy atom. The molecule has 2 fully saturated rings. The van der Waals surface area contributed by atoms with E-state index >= 15 is 0 Å². The van der Waals surface area contributed by atoms with Crippen molar-refractivity contribution in [2.24, 2.45) is 0 Å². The molecule has 3 rings (SSSR count). The molecule has 1 aliphatic carbocycles. The number of ether oxygens (including phenoxy) is 1. The SMILES string of the molecule is CC(C)NCc1cc(N2CCOC3CCCCC32)ccn1. The second kappa shape index (κ2) is 6.75. The Balaban J connectivity index is 1.74. The zero-order chi connectivity index (χ0) is 14.7. The number of rotatable bonds is 4. The number of hydrogen-bond acceptors (Lipinski definition) is 4. The second-order valence-corrected chi connectivity index (χ2v) is 6.50. The van der Waals surface area contributed by atoms with E-state index in [1.807, 2.05) is 6.20 Å². The number of morpholine rings is 1. The van der Waals surface area contributed by atoms with Gasteiger partial charge in [-0.2, -0.15) is 0 Å². The zero-order valence-corrected chi connectivity index (χ0v) is 13.2. The molecular weight excluding hydrogens is 262 g/mol. The first-order valence-electron chi connectivity index (χ1n) is 8.30. The largest absolute Gasteiger partial charge is 0.374 e. The molecule has 1 N–H and O–H groups in total. The number of fused-ring (bicyclic) bond motifs is 1. The van der Waals surface area contributed by atoms with Crippen molar-refractivity contribution in [3.8, 4) is 0 Å². The maximum atomic E-state index is 5.97. The van der Waals surface area contributed by atoms with Crippen LogP contribution in [-0.2, 0) is 11.3 Å². The van der Waals surface area contributed by atoms with E-state index in [1.165, 1.54) is 31.4 Å². The fourth-order valence-electron chi connectivity index (χ4n) is 3.47. The van der Waals surface area contributed by atoms with Gasteiger partial charge in [-0.3, -0.25) is 4.98 Å². The molecule has 21 heavy (non-hydrogen) atoms. The van der Waals surface area contributed by atoms with Gasteiger partial charge in [-0.25, -0.2) is 0 Å². The van der Waals surface area contributed by atoms with Crippen molar-refractivity contribution >= 4 is 5.69 Å². The monoisotopic (exact) mass is 289 g/mol. The van der Waals surface area contributed by atoms with Crippen molar-refractivity contribution in [1.82, 2.24) is 10.3 Å². The lowest BCUT2D eigenvalue weighted by atomic mass is 9.90. The Hall–Kier alpha value is -1.13. The van der Waals surface area contributed by atoms with Gasteiger partial charge in [-0.05, 0) is 25.0 Å². The summed E-state index contributed by atoms with van der Waals surface area (Å²) in [6.07, 6.45) is 7.49. The van der Waals surface area contributed by atoms with E-state index in [-0.39, 0.29) is 0 Å². The molecule has 4 nitrogen and oxygen atoms in total. The van der Waals surface area contributed by atoms with E-state index in [4.69, 9.17) is 4.74 Å². The van der Waals surface area contributed by atoms with Crippen LogP contribution in [0.25, 0.3) is 0 Å². The van der Waals surface area contributed by atoms with Crippen LogP contribution in [0.4, 0.5) is 5.69 Å². The van der Waals surface area contributed by atoms with Crippen molar-refractivity contribution in [3.63, 3.8) is 0 Å². The first-order valence-corrected chi connectivity index (χ1v) is 8.30. The summed E-state index contributed by atoms with van der Waals surface area (Å²) in [7, 11) is 0. The van der Waals surface area contributed by atoms with Crippen molar-refractivity contribution in [2.75, 3.05) is 18.1 Å². The number of pyridine rings is 1. The van der Waals surface area contributed by atoms with Gasteiger partial charge in [0.25, 0.3) is 0 Å². The average molecular weight is 289 g/mol. The van der Waals surface area contributed by atoms with Crippen LogP contribution in [0.2, 0.25) is 0 Å². The summed E-state index contributed by atoms with van der Waals surface area (Å²) < 4.78 is 5.97. The normalized spacial score (nSPS) is 26.0. The van der Waals surface area contributed by atoms with Gasteiger partial charge in [0.2, 0.25) is 0 Å². The molecule has 0 amide bonds. The van der Waals surface area contributed by atoms with E-state index in [9.17, 15) is 0 Å². The molecule has 1 aromatic rings. The topological polar surface area (TPSA) is 37.4 Å². The summed E-state index contributed by atoms with van der Waals surface area (Å²) in [5, 5.41) is 3.44. The Kier molecular flexibility index (Phi) is 4.76. The predicted octanol–water partition coefficient (Wildman–Crippen LogP) is 2.73. The van der Waals surface area contributed by atoms with Gasteiger partial charge in [0.05, 0.1) is 24.4 Å². The summed E-state index contributed by atoms with van der Waals surface area (Å²) in [6, 6.07) is 5.43. The van der Waals surface area contributed by atoms with E-state index < -0.39 is 0 Å². The minimum absolute atomic E-state index is 0.429. The highest BCUT2D eigenvalue weighted by molar-refractivity contribution is 5.48. The molecule has 0 radical (unpaired) electrons. The van der Waals surface area contributed by atoms with Crippen molar-refractivity contribution in [2.45, 2.75) is 64.3 Å². The van der Waals surface area contributed by atoms with Crippen LogP contribution in [0, 0.1) is 0 Å². The molecule has 4 heteroatoms. The molecule has 2 unspecified atom stereocenters. The Morgan fingerprint density at radius 1 is 1.38 bits per heavy atom. The fourth-order valence-corrected chi connectivity index (χ4v) is 3.47. The van der Waals surface area contributed by atoms with Crippen LogP contribution in [0.5, 0.6) is 0 Å². The highest BCUT2D eigenvalue weighted by atomic mass is 16.5. The summed E-state index contributed by atoms with van der Waals surface area (Å²) >= 11 is 0. The van der Waals surface area contributed by atoms with Gasteiger partial charge >= 0.3 is 0 Å². The first-order chi connectivity index (χ1) is 10.2. The number of hydrogen-bond donors (Lipinski definition) is 1. The highest BCUT2D eigenvalue weighted by Crippen LogP contribution is 2.31. The van der Waals surface area contributed by atoms with Gasteiger partial charge in [-0.15, -0.1) is 0 Å². The van der Waals surface area contributed by atoms with Crippen LogP contribution in [0.3, 0.4) is 0 Å². The molecule has 1 saturated heterocycles. The van der Waals surface area contributed by atoms with Gasteiger partial charge in [0, 0.05) is 31.0 Å². The third kappa shape index (κ3) is 3.55. The molecule has 2 aliphatic rings. The van der Waals surface area contributed by atoms with Gasteiger partial charge in [-0.1, -0.05) is 26.7 Å². The third-order valence-electron chi connectivity index (χ3n) is 4.56. The van der Waals surface area contributed by atoms with E-state index in [1.54, 1.807) is 0 Å². The maximum Gasteiger partial charge on any atom is 0.0779 e. The number of aromatic nitrogens is 1. The second-order valence-electron chi connectivity index (χ2n) is 6.50. The Labute approximate surface area is 127 Å². The third-order valence-corrected chi connectivity index (χ3v) is 4.56. The molecule has 2 atom stereocenters. The summed E-state index contributed by atoms with van der Waals surface area (Å²) in [5.74, 6) is 0. The lowest BCUT2D eigenvalue weighted by Crippen LogP contribution is -2.52. The number of nitrogens with zero attached hydrogens (tertiary/aromatic N) is 2. The van der Waals surface area contributed by atoms with Crippen molar-refractivity contribution in [1.29, 1.82) is 0 Å². The first kappa shape index (κ1) is 14.8. The smallest absolute Gasteiger partial charge is 0.0779 e. The van der Waals surface area contributed by atoms with Gasteiger partial charge in [0.15, 0.2) is 0 Å². The maximum absolute atomic E-state index is 5.97. The van der Waals surface area contributed by atoms with Crippen LogP contribution in [0.1, 0.15) is 45.2 Å². The molecule has 2 heterocycles. The predicted molar refractivity (Wildman–Crippen MR) is 85.6 cm³/mol. The van der Waals surface area contributed by atoms with Gasteiger partial charge in [0.1, 0.15) is 0 Å². The van der Waals surface area contributed by atoms with E-state index in [0.717, 1.165) is 25.4 Å². The Morgan fingerprint density at radius 2 is 2.24 bits per heavy atom. The standard InChI is InChI=1S/C17H27N3O/c1-13(2)19-12-14-11-15(7-8-18-14)20-9-10-21-17-6-4-3-5-16(17)20/h7-8,11,13,16-17,19H,3-6,9-10,12H2,1-2H3. The lowest BCUT2D eigenvalue weighted by Gasteiger charge is -2.45. The Bertz CT molecular complexity index is 461. The van der Waals surface area contributed by atoms with E-state index in [2.05, 4.69) is 41.2 Å². The number of anilines is 1. The lowest BCUT2D eigenvalue weighted by molar-refractivity contribution is -0.00868. The molecule has 1 aliphatic heterocycles. The van der Waals surface area contributed by atoms with E-state index in [0.29, 0.717) is 18.2 Å². The van der Waals surface area contributed by atoms with Crippen LogP contribution in [0.15, 0.2) is 18.3 Å². The molecule has 0 aromatic carbocycles. The quantitative estimate of drug-likeness (QED) is 0.925. The summed E-state index contributed by atoms with van der Waals surface area (Å²) in [6.45, 7) is 7.02. The van der Waals surface area contributed by atoms with Crippen molar-refractivity contribution in [3.05, 3.63) is 24.0 Å². The molecule has 0 bridgehead atoms. The summed E-state index contributed by atoms with van der Waals surface area (Å²) in [5.41, 5.74) is 2.44. The molecule has 116 valence electrons. The van der Waals surface area contributed by atoms with Gasteiger partial charge < -0.3 is 15.0 Å². The average Bonchev–Trinajstić information content (AvgIpc) is 2.52. The number of nitrogens with one attached hydrogen (secondary N) is 1. The highest BCUT2D eigenvalue weighted by Gasteiger charge is 2.34. The fraction of sp³-hybridized carbons (Fsp3) is 0.706. The zero-order valence-electron chi connectivity index (χ0n) is 13.2.